The minimum atomic E-state index is -1.17. The maximum absolute atomic E-state index is 15.2. The Hall–Kier alpha value is -2.84. The number of hydrogen-bond acceptors (Lipinski definition) is 4. The van der Waals surface area contributed by atoms with Crippen molar-refractivity contribution >= 4 is 11.8 Å². The number of carbonyl (C=O) groups is 2. The molecule has 0 unspecified atom stereocenters. The first-order chi connectivity index (χ1) is 15.8. The minimum absolute atomic E-state index is 0.0758. The number of piperazine rings is 1. The molecular formula is C24H28F3N3O3. The monoisotopic (exact) mass is 463 g/mol. The molecule has 1 saturated carbocycles. The van der Waals surface area contributed by atoms with Gasteiger partial charge in [0.25, 0.3) is 5.91 Å². The molecule has 2 fully saturated rings. The third-order valence-electron chi connectivity index (χ3n) is 6.59. The first-order valence-electron chi connectivity index (χ1n) is 11.5. The van der Waals surface area contributed by atoms with Crippen molar-refractivity contribution in [3.05, 3.63) is 41.3 Å². The van der Waals surface area contributed by atoms with Crippen molar-refractivity contribution in [1.29, 1.82) is 0 Å². The van der Waals surface area contributed by atoms with Gasteiger partial charge in [0.05, 0.1) is 0 Å². The topological polar surface area (TPSA) is 75.4 Å². The highest BCUT2D eigenvalue weighted by Gasteiger charge is 2.42. The van der Waals surface area contributed by atoms with Gasteiger partial charge in [-0.1, -0.05) is 38.3 Å². The average molecular weight is 464 g/mol. The van der Waals surface area contributed by atoms with Gasteiger partial charge in [0.15, 0.2) is 11.6 Å². The van der Waals surface area contributed by atoms with Gasteiger partial charge in [-0.15, -0.1) is 0 Å². The van der Waals surface area contributed by atoms with Crippen molar-refractivity contribution < 1.29 is 27.3 Å². The quantitative estimate of drug-likeness (QED) is 0.698. The van der Waals surface area contributed by atoms with E-state index < -0.39 is 40.9 Å². The highest BCUT2D eigenvalue weighted by atomic mass is 19.2. The molecule has 1 aromatic carbocycles. The van der Waals surface area contributed by atoms with Gasteiger partial charge in [0, 0.05) is 18.2 Å². The number of rotatable bonds is 5. The SMILES string of the molecule is CC(C)C[C@H]1C(=O)N[C@@H](C2CCCCC2)CN1C(=O)c1noc(-c2ccc(F)c(F)c2)c1F. The van der Waals surface area contributed by atoms with Gasteiger partial charge in [-0.3, -0.25) is 9.59 Å². The Morgan fingerprint density at radius 2 is 1.91 bits per heavy atom. The molecule has 1 aromatic heterocycles. The molecule has 0 spiro atoms. The van der Waals surface area contributed by atoms with Crippen LogP contribution in [0.5, 0.6) is 0 Å². The molecule has 2 amide bonds. The molecule has 1 saturated heterocycles. The summed E-state index contributed by atoms with van der Waals surface area (Å²) in [5.74, 6) is -4.37. The zero-order chi connectivity index (χ0) is 23.7. The fourth-order valence-electron chi connectivity index (χ4n) is 4.88. The van der Waals surface area contributed by atoms with E-state index in [1.165, 1.54) is 4.90 Å². The number of nitrogens with zero attached hydrogens (tertiary/aromatic N) is 2. The summed E-state index contributed by atoms with van der Waals surface area (Å²) < 4.78 is 47.0. The number of hydrogen-bond donors (Lipinski definition) is 1. The van der Waals surface area contributed by atoms with Gasteiger partial charge in [-0.2, -0.15) is 4.39 Å². The molecule has 1 N–H and O–H groups in total. The van der Waals surface area contributed by atoms with Crippen molar-refractivity contribution in [2.75, 3.05) is 6.54 Å². The third-order valence-corrected chi connectivity index (χ3v) is 6.59. The first-order valence-corrected chi connectivity index (χ1v) is 11.5. The predicted octanol–water partition coefficient (Wildman–Crippen LogP) is 4.69. The number of aromatic nitrogens is 1. The molecule has 1 aliphatic carbocycles. The van der Waals surface area contributed by atoms with E-state index in [1.807, 2.05) is 13.8 Å². The summed E-state index contributed by atoms with van der Waals surface area (Å²) in [5.41, 5.74) is -0.645. The van der Waals surface area contributed by atoms with Crippen LogP contribution in [0.2, 0.25) is 0 Å². The average Bonchev–Trinajstić information content (AvgIpc) is 3.18. The molecule has 2 atom stereocenters. The van der Waals surface area contributed by atoms with Gasteiger partial charge in [-0.05, 0) is 49.3 Å². The smallest absolute Gasteiger partial charge is 0.279 e. The molecular weight excluding hydrogens is 435 g/mol. The lowest BCUT2D eigenvalue weighted by Gasteiger charge is -2.43. The molecule has 1 aliphatic heterocycles. The van der Waals surface area contributed by atoms with Gasteiger partial charge in [-0.25, -0.2) is 8.78 Å². The summed E-state index contributed by atoms with van der Waals surface area (Å²) in [7, 11) is 0. The Morgan fingerprint density at radius 3 is 2.58 bits per heavy atom. The van der Waals surface area contributed by atoms with Crippen LogP contribution >= 0.6 is 0 Å². The van der Waals surface area contributed by atoms with E-state index in [-0.39, 0.29) is 35.9 Å². The molecule has 0 radical (unpaired) electrons. The van der Waals surface area contributed by atoms with Crippen LogP contribution in [0.15, 0.2) is 22.7 Å². The molecule has 33 heavy (non-hydrogen) atoms. The molecule has 2 heterocycles. The summed E-state index contributed by atoms with van der Waals surface area (Å²) in [6.07, 6.45) is 5.68. The second-order valence-corrected chi connectivity index (χ2v) is 9.42. The largest absolute Gasteiger partial charge is 0.352 e. The highest BCUT2D eigenvalue weighted by Crippen LogP contribution is 2.32. The normalized spacial score (nSPS) is 22.0. The summed E-state index contributed by atoms with van der Waals surface area (Å²) in [5, 5.41) is 6.69. The Kier molecular flexibility index (Phi) is 6.76. The first kappa shape index (κ1) is 23.3. The lowest BCUT2D eigenvalue weighted by atomic mass is 9.82. The van der Waals surface area contributed by atoms with Crippen molar-refractivity contribution in [1.82, 2.24) is 15.4 Å². The second kappa shape index (κ2) is 9.57. The summed E-state index contributed by atoms with van der Waals surface area (Å²) in [6, 6.07) is 1.82. The van der Waals surface area contributed by atoms with Crippen LogP contribution in [0, 0.1) is 29.3 Å². The fraction of sp³-hybridized carbons (Fsp3) is 0.542. The molecule has 2 aliphatic rings. The Balaban J connectivity index is 1.63. The Morgan fingerprint density at radius 1 is 1.18 bits per heavy atom. The maximum Gasteiger partial charge on any atom is 0.279 e. The molecule has 9 heteroatoms. The Labute approximate surface area is 190 Å². The zero-order valence-corrected chi connectivity index (χ0v) is 18.7. The lowest BCUT2D eigenvalue weighted by Crippen LogP contribution is -2.63. The van der Waals surface area contributed by atoms with Crippen LogP contribution in [-0.2, 0) is 4.79 Å². The molecule has 6 nitrogen and oxygen atoms in total. The fourth-order valence-corrected chi connectivity index (χ4v) is 4.88. The molecule has 0 bridgehead atoms. The van der Waals surface area contributed by atoms with E-state index in [9.17, 15) is 18.4 Å². The number of nitrogens with one attached hydrogen (secondary N) is 1. The van der Waals surface area contributed by atoms with E-state index >= 15 is 4.39 Å². The van der Waals surface area contributed by atoms with E-state index in [0.29, 0.717) is 6.42 Å². The van der Waals surface area contributed by atoms with Gasteiger partial charge >= 0.3 is 0 Å². The minimum Gasteiger partial charge on any atom is -0.352 e. The summed E-state index contributed by atoms with van der Waals surface area (Å²) in [4.78, 5) is 27.8. The van der Waals surface area contributed by atoms with Crippen molar-refractivity contribution in [2.45, 2.75) is 64.5 Å². The van der Waals surface area contributed by atoms with Crippen LogP contribution in [0.1, 0.15) is 62.9 Å². The van der Waals surface area contributed by atoms with Crippen LogP contribution < -0.4 is 5.32 Å². The number of amides is 2. The van der Waals surface area contributed by atoms with Gasteiger partial charge in [0.1, 0.15) is 6.04 Å². The van der Waals surface area contributed by atoms with Crippen LogP contribution in [0.4, 0.5) is 13.2 Å². The van der Waals surface area contributed by atoms with Crippen molar-refractivity contribution in [2.24, 2.45) is 11.8 Å². The number of benzene rings is 1. The number of carbonyl (C=O) groups excluding carboxylic acids is 2. The zero-order valence-electron chi connectivity index (χ0n) is 18.7. The van der Waals surface area contributed by atoms with Crippen LogP contribution in [0.3, 0.4) is 0 Å². The summed E-state index contributed by atoms with van der Waals surface area (Å²) >= 11 is 0. The third kappa shape index (κ3) is 4.77. The molecule has 2 aromatic rings. The standard InChI is InChI=1S/C24H28F3N3O3/c1-13(2)10-19-23(31)28-18(14-6-4-3-5-7-14)12-30(19)24(32)21-20(27)22(33-29-21)15-8-9-16(25)17(26)11-15/h8-9,11,13-14,18-19H,3-7,10,12H2,1-2H3,(H,28,31)/t18-,19+/m1/s1. The number of halogens is 3. The van der Waals surface area contributed by atoms with E-state index in [4.69, 9.17) is 4.52 Å². The van der Waals surface area contributed by atoms with Crippen molar-refractivity contribution in [3.63, 3.8) is 0 Å². The molecule has 4 rings (SSSR count). The predicted molar refractivity (Wildman–Crippen MR) is 115 cm³/mol. The van der Waals surface area contributed by atoms with Gasteiger partial charge < -0.3 is 14.7 Å². The van der Waals surface area contributed by atoms with E-state index in [1.54, 1.807) is 0 Å². The van der Waals surface area contributed by atoms with E-state index in [0.717, 1.165) is 50.3 Å². The van der Waals surface area contributed by atoms with Crippen LogP contribution in [0.25, 0.3) is 11.3 Å². The molecule has 178 valence electrons. The summed E-state index contributed by atoms with van der Waals surface area (Å²) in [6.45, 7) is 4.15. The highest BCUT2D eigenvalue weighted by molar-refractivity contribution is 5.97. The second-order valence-electron chi connectivity index (χ2n) is 9.42. The van der Waals surface area contributed by atoms with Crippen LogP contribution in [-0.4, -0.2) is 40.5 Å². The lowest BCUT2D eigenvalue weighted by molar-refractivity contribution is -0.131. The van der Waals surface area contributed by atoms with Gasteiger partial charge in [0.2, 0.25) is 23.2 Å². The van der Waals surface area contributed by atoms with Crippen molar-refractivity contribution in [3.8, 4) is 11.3 Å². The van der Waals surface area contributed by atoms with E-state index in [2.05, 4.69) is 10.5 Å². The maximum atomic E-state index is 15.2. The Bertz CT molecular complexity index is 1030.